The SMILES string of the molecule is CC(C)OC(=O)C(C)(C)NP(=O)(Cl)Oc1ccccc1. The molecule has 1 rings (SSSR count). The molecule has 1 aromatic carbocycles. The number of esters is 1. The van der Waals surface area contributed by atoms with E-state index in [4.69, 9.17) is 20.5 Å². The Kier molecular flexibility index (Phi) is 5.63. The van der Waals surface area contributed by atoms with Gasteiger partial charge in [0.25, 0.3) is 0 Å². The molecule has 7 heteroatoms. The highest BCUT2D eigenvalue weighted by Gasteiger charge is 2.38. The minimum Gasteiger partial charge on any atom is -0.462 e. The van der Waals surface area contributed by atoms with Crippen LogP contribution in [0.15, 0.2) is 30.3 Å². The standard InChI is InChI=1S/C13H19ClNO4P/c1-10(2)18-12(16)13(3,4)15-20(14,17)19-11-8-6-5-7-9-11/h5-10H,1-4H3,(H,15,17). The number of para-hydroxylation sites is 1. The van der Waals surface area contributed by atoms with Crippen molar-refractivity contribution in [3.63, 3.8) is 0 Å². The fraction of sp³-hybridized carbons (Fsp3) is 0.462. The van der Waals surface area contributed by atoms with Crippen molar-refractivity contribution in [2.75, 3.05) is 0 Å². The van der Waals surface area contributed by atoms with Gasteiger partial charge in [0.1, 0.15) is 11.3 Å². The van der Waals surface area contributed by atoms with Crippen LogP contribution in [0.1, 0.15) is 27.7 Å². The highest BCUT2D eigenvalue weighted by molar-refractivity contribution is 7.84. The van der Waals surface area contributed by atoms with Crippen LogP contribution < -0.4 is 9.61 Å². The number of rotatable bonds is 6. The number of hydrogen-bond donors (Lipinski definition) is 1. The Labute approximate surface area is 123 Å². The summed E-state index contributed by atoms with van der Waals surface area (Å²) >= 11 is 5.85. The van der Waals surface area contributed by atoms with Gasteiger partial charge in [-0.25, -0.2) is 9.65 Å². The highest BCUT2D eigenvalue weighted by atomic mass is 35.7. The van der Waals surface area contributed by atoms with Crippen LogP contribution in [0, 0.1) is 0 Å². The lowest BCUT2D eigenvalue weighted by molar-refractivity contribution is -0.153. The zero-order chi connectivity index (χ0) is 15.4. The molecule has 0 aliphatic rings. The van der Waals surface area contributed by atoms with Crippen LogP contribution in [0.25, 0.3) is 0 Å². The molecule has 20 heavy (non-hydrogen) atoms. The van der Waals surface area contributed by atoms with E-state index < -0.39 is 18.4 Å². The van der Waals surface area contributed by atoms with Crippen LogP contribution in [0.3, 0.4) is 0 Å². The zero-order valence-electron chi connectivity index (χ0n) is 11.9. The Morgan fingerprint density at radius 3 is 2.35 bits per heavy atom. The van der Waals surface area contributed by atoms with Gasteiger partial charge >= 0.3 is 12.8 Å². The first-order valence-electron chi connectivity index (χ1n) is 6.17. The molecule has 112 valence electrons. The fourth-order valence-electron chi connectivity index (χ4n) is 1.38. The second-order valence-corrected chi connectivity index (χ2v) is 7.78. The quantitative estimate of drug-likeness (QED) is 0.639. The molecule has 0 amide bonds. The summed E-state index contributed by atoms with van der Waals surface area (Å²) in [7, 11) is 0. The summed E-state index contributed by atoms with van der Waals surface area (Å²) in [4.78, 5) is 11.9. The van der Waals surface area contributed by atoms with Crippen molar-refractivity contribution in [3.8, 4) is 5.75 Å². The van der Waals surface area contributed by atoms with Crippen LogP contribution in [0.5, 0.6) is 5.75 Å². The third kappa shape index (κ3) is 5.53. The Morgan fingerprint density at radius 1 is 1.30 bits per heavy atom. The first kappa shape index (κ1) is 17.0. The largest absolute Gasteiger partial charge is 0.462 e. The second kappa shape index (κ2) is 6.61. The van der Waals surface area contributed by atoms with Crippen LogP contribution in [0.2, 0.25) is 0 Å². The molecular formula is C13H19ClNO4P. The molecule has 0 saturated carbocycles. The molecule has 0 radical (unpaired) electrons. The van der Waals surface area contributed by atoms with Crippen molar-refractivity contribution in [3.05, 3.63) is 30.3 Å². The van der Waals surface area contributed by atoms with Crippen molar-refractivity contribution in [2.45, 2.75) is 39.3 Å². The summed E-state index contributed by atoms with van der Waals surface area (Å²) in [5.41, 5.74) is -1.23. The summed E-state index contributed by atoms with van der Waals surface area (Å²) in [6.45, 7) is 2.81. The van der Waals surface area contributed by atoms with Crippen LogP contribution >= 0.6 is 18.1 Å². The molecule has 0 spiro atoms. The maximum Gasteiger partial charge on any atom is 0.410 e. The minimum absolute atomic E-state index is 0.270. The summed E-state index contributed by atoms with van der Waals surface area (Å²) in [6, 6.07) is 8.49. The number of carbonyl (C=O) groups excluding carboxylic acids is 1. The monoisotopic (exact) mass is 319 g/mol. The molecular weight excluding hydrogens is 301 g/mol. The predicted molar refractivity (Wildman–Crippen MR) is 79.0 cm³/mol. The minimum atomic E-state index is -3.71. The van der Waals surface area contributed by atoms with Gasteiger partial charge in [0.15, 0.2) is 0 Å². The lowest BCUT2D eigenvalue weighted by Gasteiger charge is -2.27. The molecule has 1 atom stereocenters. The smallest absolute Gasteiger partial charge is 0.410 e. The van der Waals surface area contributed by atoms with E-state index in [0.29, 0.717) is 5.75 Å². The number of benzene rings is 1. The van der Waals surface area contributed by atoms with Gasteiger partial charge in [0.05, 0.1) is 6.10 Å². The van der Waals surface area contributed by atoms with Crippen molar-refractivity contribution in [1.29, 1.82) is 0 Å². The fourth-order valence-corrected chi connectivity index (χ4v) is 3.45. The molecule has 0 aliphatic carbocycles. The number of nitrogens with one attached hydrogen (secondary N) is 1. The predicted octanol–water partition coefficient (Wildman–Crippen LogP) is 3.73. The van der Waals surface area contributed by atoms with Gasteiger partial charge in [-0.1, -0.05) is 18.2 Å². The van der Waals surface area contributed by atoms with Gasteiger partial charge in [-0.2, -0.15) is 0 Å². The molecule has 1 aromatic rings. The highest BCUT2D eigenvalue weighted by Crippen LogP contribution is 2.49. The van der Waals surface area contributed by atoms with E-state index in [1.807, 2.05) is 0 Å². The lowest BCUT2D eigenvalue weighted by atomic mass is 10.1. The third-order valence-corrected chi connectivity index (χ3v) is 3.96. The van der Waals surface area contributed by atoms with Crippen LogP contribution in [-0.4, -0.2) is 17.6 Å². The number of ether oxygens (including phenoxy) is 1. The van der Waals surface area contributed by atoms with E-state index >= 15 is 0 Å². The lowest BCUT2D eigenvalue weighted by Crippen LogP contribution is -2.46. The van der Waals surface area contributed by atoms with Crippen LogP contribution in [0.4, 0.5) is 0 Å². The number of hydrogen-bond acceptors (Lipinski definition) is 4. The molecule has 0 saturated heterocycles. The first-order chi connectivity index (χ1) is 9.12. The molecule has 0 aliphatic heterocycles. The Morgan fingerprint density at radius 2 is 1.85 bits per heavy atom. The van der Waals surface area contributed by atoms with Crippen LogP contribution in [-0.2, 0) is 14.1 Å². The molecule has 0 bridgehead atoms. The van der Waals surface area contributed by atoms with Gasteiger partial charge < -0.3 is 9.26 Å². The Hall–Kier alpha value is -1.03. The van der Waals surface area contributed by atoms with Gasteiger partial charge in [-0.15, -0.1) is 0 Å². The van der Waals surface area contributed by atoms with E-state index in [1.54, 1.807) is 44.2 Å². The molecule has 5 nitrogen and oxygen atoms in total. The summed E-state index contributed by atoms with van der Waals surface area (Å²) < 4.78 is 22.5. The van der Waals surface area contributed by atoms with E-state index in [-0.39, 0.29) is 6.10 Å². The molecule has 1 N–H and O–H groups in total. The first-order valence-corrected chi connectivity index (χ1v) is 8.70. The summed E-state index contributed by atoms with van der Waals surface area (Å²) in [5.74, 6) is -0.198. The molecule has 0 fully saturated rings. The Bertz CT molecular complexity index is 504. The van der Waals surface area contributed by atoms with Gasteiger partial charge in [0, 0.05) is 11.2 Å². The van der Waals surface area contributed by atoms with Gasteiger partial charge in [-0.3, -0.25) is 4.79 Å². The maximum atomic E-state index is 12.2. The normalized spacial score (nSPS) is 14.7. The van der Waals surface area contributed by atoms with E-state index in [0.717, 1.165) is 0 Å². The second-order valence-electron chi connectivity index (χ2n) is 5.07. The van der Waals surface area contributed by atoms with Crippen molar-refractivity contribution in [2.24, 2.45) is 0 Å². The molecule has 0 heterocycles. The summed E-state index contributed by atoms with van der Waals surface area (Å²) in [6.07, 6.45) is -0.270. The third-order valence-electron chi connectivity index (χ3n) is 2.23. The van der Waals surface area contributed by atoms with Gasteiger partial charge in [0.2, 0.25) is 0 Å². The van der Waals surface area contributed by atoms with Crippen molar-refractivity contribution >= 4 is 24.1 Å². The number of carbonyl (C=O) groups is 1. The molecule has 0 aromatic heterocycles. The zero-order valence-corrected chi connectivity index (χ0v) is 13.6. The Balaban J connectivity index is 2.74. The van der Waals surface area contributed by atoms with Crippen molar-refractivity contribution < 1.29 is 18.6 Å². The number of halogens is 1. The topological polar surface area (TPSA) is 64.6 Å². The van der Waals surface area contributed by atoms with E-state index in [9.17, 15) is 9.36 Å². The average Bonchev–Trinajstić information content (AvgIpc) is 2.26. The van der Waals surface area contributed by atoms with Crippen molar-refractivity contribution in [1.82, 2.24) is 5.09 Å². The average molecular weight is 320 g/mol. The molecule has 1 unspecified atom stereocenters. The van der Waals surface area contributed by atoms with E-state index in [2.05, 4.69) is 5.09 Å². The maximum absolute atomic E-state index is 12.2. The van der Waals surface area contributed by atoms with E-state index in [1.165, 1.54) is 13.8 Å². The van der Waals surface area contributed by atoms with Gasteiger partial charge in [-0.05, 0) is 39.8 Å². The summed E-state index contributed by atoms with van der Waals surface area (Å²) in [5, 5.41) is 2.51.